The molecule has 1 rings (SSSR count). The van der Waals surface area contributed by atoms with Gasteiger partial charge in [-0.1, -0.05) is 29.8 Å². The van der Waals surface area contributed by atoms with Crippen LogP contribution in [0, 0.1) is 10.8 Å². The third-order valence-electron chi connectivity index (χ3n) is 4.15. The largest absolute Gasteiger partial charge is 0.481 e. The minimum absolute atomic E-state index is 0.331. The second-order valence-corrected chi connectivity index (χ2v) is 6.22. The molecule has 0 aliphatic heterocycles. The average Bonchev–Trinajstić information content (AvgIpc) is 2.28. The molecule has 0 spiro atoms. The van der Waals surface area contributed by atoms with E-state index in [0.29, 0.717) is 12.8 Å². The van der Waals surface area contributed by atoms with Gasteiger partial charge in [-0.2, -0.15) is 0 Å². The molecule has 1 aliphatic carbocycles. The first-order chi connectivity index (χ1) is 6.59. The van der Waals surface area contributed by atoms with Crippen LogP contribution in [0.5, 0.6) is 0 Å². The topological polar surface area (TPSA) is 74.6 Å². The molecule has 0 bridgehead atoms. The van der Waals surface area contributed by atoms with Crippen LogP contribution in [0.4, 0.5) is 0 Å². The van der Waals surface area contributed by atoms with Crippen molar-refractivity contribution in [1.82, 2.24) is 0 Å². The van der Waals surface area contributed by atoms with Crippen molar-refractivity contribution in [2.45, 2.75) is 37.9 Å². The van der Waals surface area contributed by atoms with E-state index in [1.165, 1.54) is 0 Å². The maximum atomic E-state index is 11.2. The highest BCUT2D eigenvalue weighted by Crippen LogP contribution is 2.61. The van der Waals surface area contributed by atoms with Crippen molar-refractivity contribution >= 4 is 27.9 Å². The Morgan fingerprint density at radius 2 is 1.53 bits per heavy atom. The molecule has 2 N–H and O–H groups in total. The summed E-state index contributed by atoms with van der Waals surface area (Å²) in [7, 11) is 0. The number of alkyl halides is 1. The Morgan fingerprint density at radius 1 is 1.07 bits per heavy atom. The molecule has 15 heavy (non-hydrogen) atoms. The standard InChI is InChI=1S/C10H15BrO4/c1-8(2)9(3,6(12)13)4-5-10(8,11)7(14)15/h4-5H2,1-3H3,(H,12,13)(H,14,15)/t9-,10+/m0/s1. The molecule has 0 aromatic heterocycles. The van der Waals surface area contributed by atoms with Crippen LogP contribution in [0.3, 0.4) is 0 Å². The van der Waals surface area contributed by atoms with Gasteiger partial charge in [0.25, 0.3) is 0 Å². The second-order valence-electron chi connectivity index (χ2n) is 4.87. The molecular weight excluding hydrogens is 264 g/mol. The lowest BCUT2D eigenvalue weighted by molar-refractivity contribution is -0.156. The van der Waals surface area contributed by atoms with Crippen LogP contribution >= 0.6 is 15.9 Å². The second kappa shape index (κ2) is 3.20. The molecule has 86 valence electrons. The highest BCUT2D eigenvalue weighted by atomic mass is 79.9. The molecule has 0 radical (unpaired) electrons. The first kappa shape index (κ1) is 12.5. The number of halogens is 1. The third-order valence-corrected chi connectivity index (χ3v) is 5.88. The molecule has 0 aromatic carbocycles. The zero-order chi connectivity index (χ0) is 12.1. The van der Waals surface area contributed by atoms with Crippen LogP contribution in [0.15, 0.2) is 0 Å². The number of aliphatic carboxylic acids is 2. The first-order valence-electron chi connectivity index (χ1n) is 4.75. The van der Waals surface area contributed by atoms with Crippen LogP contribution < -0.4 is 0 Å². The lowest BCUT2D eigenvalue weighted by Crippen LogP contribution is -2.50. The Morgan fingerprint density at radius 3 is 1.73 bits per heavy atom. The Bertz CT molecular complexity index is 295. The summed E-state index contributed by atoms with van der Waals surface area (Å²) in [6.45, 7) is 5.00. The normalized spacial score (nSPS) is 38.9. The van der Waals surface area contributed by atoms with E-state index < -0.39 is 27.1 Å². The molecule has 4 nitrogen and oxygen atoms in total. The van der Waals surface area contributed by atoms with Crippen LogP contribution in [0.25, 0.3) is 0 Å². The van der Waals surface area contributed by atoms with E-state index in [1.54, 1.807) is 20.8 Å². The van der Waals surface area contributed by atoms with Crippen molar-refractivity contribution in [2.75, 3.05) is 0 Å². The van der Waals surface area contributed by atoms with Crippen molar-refractivity contribution in [3.05, 3.63) is 0 Å². The molecule has 0 unspecified atom stereocenters. The maximum absolute atomic E-state index is 11.2. The van der Waals surface area contributed by atoms with Gasteiger partial charge in [0.1, 0.15) is 4.32 Å². The van der Waals surface area contributed by atoms with Crippen LogP contribution in [-0.2, 0) is 9.59 Å². The zero-order valence-corrected chi connectivity index (χ0v) is 10.6. The van der Waals surface area contributed by atoms with Gasteiger partial charge < -0.3 is 10.2 Å². The van der Waals surface area contributed by atoms with Gasteiger partial charge in [-0.05, 0) is 19.8 Å². The monoisotopic (exact) mass is 278 g/mol. The van der Waals surface area contributed by atoms with Crippen molar-refractivity contribution in [2.24, 2.45) is 10.8 Å². The Labute approximate surface area is 96.8 Å². The maximum Gasteiger partial charge on any atom is 0.321 e. The Kier molecular flexibility index (Phi) is 2.67. The summed E-state index contributed by atoms with van der Waals surface area (Å²) in [4.78, 5) is 22.4. The minimum Gasteiger partial charge on any atom is -0.481 e. The first-order valence-corrected chi connectivity index (χ1v) is 5.54. The highest BCUT2D eigenvalue weighted by molar-refractivity contribution is 9.10. The van der Waals surface area contributed by atoms with E-state index in [2.05, 4.69) is 15.9 Å². The van der Waals surface area contributed by atoms with Crippen molar-refractivity contribution in [1.29, 1.82) is 0 Å². The number of carboxylic acid groups (broad SMARTS) is 2. The van der Waals surface area contributed by atoms with Crippen molar-refractivity contribution < 1.29 is 19.8 Å². The smallest absolute Gasteiger partial charge is 0.321 e. The quantitative estimate of drug-likeness (QED) is 0.759. The predicted molar refractivity (Wildman–Crippen MR) is 58.1 cm³/mol. The highest BCUT2D eigenvalue weighted by Gasteiger charge is 2.66. The molecule has 1 saturated carbocycles. The van der Waals surface area contributed by atoms with E-state index in [1.807, 2.05) is 0 Å². The zero-order valence-electron chi connectivity index (χ0n) is 9.00. The molecule has 5 heteroatoms. The third kappa shape index (κ3) is 1.32. The van der Waals surface area contributed by atoms with Crippen LogP contribution in [-0.4, -0.2) is 26.5 Å². The van der Waals surface area contributed by atoms with E-state index in [-0.39, 0.29) is 0 Å². The summed E-state index contributed by atoms with van der Waals surface area (Å²) < 4.78 is -1.15. The summed E-state index contributed by atoms with van der Waals surface area (Å²) in [6, 6.07) is 0. The number of hydrogen-bond donors (Lipinski definition) is 2. The molecule has 2 atom stereocenters. The van der Waals surface area contributed by atoms with Gasteiger partial charge in [-0.15, -0.1) is 0 Å². The van der Waals surface area contributed by atoms with E-state index in [4.69, 9.17) is 0 Å². The van der Waals surface area contributed by atoms with Gasteiger partial charge >= 0.3 is 11.9 Å². The Balaban J connectivity index is 3.26. The van der Waals surface area contributed by atoms with Gasteiger partial charge in [0, 0.05) is 5.41 Å². The number of carboxylic acids is 2. The molecule has 0 amide bonds. The summed E-state index contributed by atoms with van der Waals surface area (Å²) in [6.07, 6.45) is 0.699. The fraction of sp³-hybridized carbons (Fsp3) is 0.800. The SMILES string of the molecule is CC1(C)[C@](C)(C(=O)O)CC[C@@]1(Br)C(=O)O. The molecule has 1 aliphatic rings. The summed E-state index contributed by atoms with van der Waals surface area (Å²) in [5, 5.41) is 18.4. The molecule has 0 saturated heterocycles. The predicted octanol–water partition coefficient (Wildman–Crippen LogP) is 2.12. The van der Waals surface area contributed by atoms with Crippen molar-refractivity contribution in [3.8, 4) is 0 Å². The van der Waals surface area contributed by atoms with Gasteiger partial charge in [0.15, 0.2) is 0 Å². The molecule has 1 fully saturated rings. The van der Waals surface area contributed by atoms with Gasteiger partial charge in [0.2, 0.25) is 0 Å². The fourth-order valence-electron chi connectivity index (χ4n) is 2.23. The van der Waals surface area contributed by atoms with Crippen LogP contribution in [0.1, 0.15) is 33.6 Å². The molecular formula is C10H15BrO4. The Hall–Kier alpha value is -0.580. The number of carbonyl (C=O) groups is 2. The van der Waals surface area contributed by atoms with E-state index in [9.17, 15) is 19.8 Å². The summed E-state index contributed by atoms with van der Waals surface area (Å²) in [5.74, 6) is -1.92. The van der Waals surface area contributed by atoms with Gasteiger partial charge in [-0.3, -0.25) is 9.59 Å². The lowest BCUT2D eigenvalue weighted by Gasteiger charge is -2.41. The lowest BCUT2D eigenvalue weighted by atomic mass is 9.65. The van der Waals surface area contributed by atoms with E-state index in [0.717, 1.165) is 0 Å². The van der Waals surface area contributed by atoms with Crippen molar-refractivity contribution in [3.63, 3.8) is 0 Å². The van der Waals surface area contributed by atoms with Crippen LogP contribution in [0.2, 0.25) is 0 Å². The number of rotatable bonds is 2. The summed E-state index contributed by atoms with van der Waals surface area (Å²) >= 11 is 3.21. The van der Waals surface area contributed by atoms with Gasteiger partial charge in [-0.25, -0.2) is 0 Å². The van der Waals surface area contributed by atoms with Gasteiger partial charge in [0.05, 0.1) is 5.41 Å². The molecule has 0 heterocycles. The fourth-order valence-corrected chi connectivity index (χ4v) is 2.87. The number of hydrogen-bond acceptors (Lipinski definition) is 2. The van der Waals surface area contributed by atoms with E-state index >= 15 is 0 Å². The average molecular weight is 279 g/mol. The summed E-state index contributed by atoms with van der Waals surface area (Å²) in [5.41, 5.74) is -1.84. The minimum atomic E-state index is -1.15. The molecule has 0 aromatic rings.